The maximum Gasteiger partial charge on any atom is 0.122 e. The average Bonchev–Trinajstić information content (AvgIpc) is 2.97. The molecule has 3 rings (SSSR count). The summed E-state index contributed by atoms with van der Waals surface area (Å²) in [6.07, 6.45) is 1.26. The SMILES string of the molecule is CNC1CSCC1CC1COc2ccccc21. The van der Waals surface area contributed by atoms with Crippen LogP contribution in [-0.2, 0) is 0 Å². The molecule has 3 atom stereocenters. The number of rotatable bonds is 3. The molecule has 0 aromatic heterocycles. The second-order valence-corrected chi connectivity index (χ2v) is 6.05. The molecule has 92 valence electrons. The molecule has 1 aromatic rings. The van der Waals surface area contributed by atoms with E-state index >= 15 is 0 Å². The number of thioether (sulfide) groups is 1. The molecule has 0 bridgehead atoms. The molecule has 3 heteroatoms. The molecule has 2 heterocycles. The predicted molar refractivity (Wildman–Crippen MR) is 73.0 cm³/mol. The number of fused-ring (bicyclic) bond motifs is 1. The first-order valence-electron chi connectivity index (χ1n) is 6.35. The van der Waals surface area contributed by atoms with Gasteiger partial charge in [0.1, 0.15) is 5.75 Å². The van der Waals surface area contributed by atoms with E-state index in [4.69, 9.17) is 4.74 Å². The van der Waals surface area contributed by atoms with Gasteiger partial charge in [-0.3, -0.25) is 0 Å². The molecule has 1 fully saturated rings. The molecule has 1 saturated heterocycles. The van der Waals surface area contributed by atoms with Gasteiger partial charge in [-0.15, -0.1) is 0 Å². The van der Waals surface area contributed by atoms with Gasteiger partial charge in [0.2, 0.25) is 0 Å². The molecule has 1 aromatic carbocycles. The molecule has 0 aliphatic carbocycles. The number of benzene rings is 1. The van der Waals surface area contributed by atoms with Gasteiger partial charge in [0.05, 0.1) is 6.61 Å². The maximum absolute atomic E-state index is 5.76. The Morgan fingerprint density at radius 1 is 1.35 bits per heavy atom. The quantitative estimate of drug-likeness (QED) is 0.889. The van der Waals surface area contributed by atoms with Crippen LogP contribution in [0.25, 0.3) is 0 Å². The molecule has 2 nitrogen and oxygen atoms in total. The minimum atomic E-state index is 0.603. The zero-order valence-corrected chi connectivity index (χ0v) is 11.0. The van der Waals surface area contributed by atoms with Crippen molar-refractivity contribution >= 4 is 11.8 Å². The fourth-order valence-corrected chi connectivity index (χ4v) is 4.44. The highest BCUT2D eigenvalue weighted by Gasteiger charge is 2.32. The van der Waals surface area contributed by atoms with Crippen molar-refractivity contribution in [2.75, 3.05) is 25.2 Å². The lowest BCUT2D eigenvalue weighted by Gasteiger charge is -2.20. The summed E-state index contributed by atoms with van der Waals surface area (Å²) in [5, 5.41) is 3.45. The van der Waals surface area contributed by atoms with E-state index in [1.807, 2.05) is 0 Å². The normalized spacial score (nSPS) is 31.2. The van der Waals surface area contributed by atoms with Crippen LogP contribution in [-0.4, -0.2) is 31.2 Å². The van der Waals surface area contributed by atoms with Gasteiger partial charge >= 0.3 is 0 Å². The van der Waals surface area contributed by atoms with Crippen LogP contribution in [0.15, 0.2) is 24.3 Å². The lowest BCUT2D eigenvalue weighted by Crippen LogP contribution is -2.33. The number of nitrogens with one attached hydrogen (secondary N) is 1. The van der Waals surface area contributed by atoms with Crippen LogP contribution in [0.3, 0.4) is 0 Å². The highest BCUT2D eigenvalue weighted by Crippen LogP contribution is 2.40. The van der Waals surface area contributed by atoms with Crippen molar-refractivity contribution in [2.24, 2.45) is 5.92 Å². The third kappa shape index (κ3) is 2.18. The van der Waals surface area contributed by atoms with E-state index in [1.54, 1.807) is 0 Å². The van der Waals surface area contributed by atoms with Gasteiger partial charge in [-0.25, -0.2) is 0 Å². The minimum Gasteiger partial charge on any atom is -0.493 e. The monoisotopic (exact) mass is 249 g/mol. The number of hydrogen-bond donors (Lipinski definition) is 1. The van der Waals surface area contributed by atoms with E-state index < -0.39 is 0 Å². The second kappa shape index (κ2) is 4.91. The van der Waals surface area contributed by atoms with E-state index in [2.05, 4.69) is 48.4 Å². The Balaban J connectivity index is 1.71. The lowest BCUT2D eigenvalue weighted by molar-refractivity contribution is 0.300. The number of hydrogen-bond acceptors (Lipinski definition) is 3. The van der Waals surface area contributed by atoms with Gasteiger partial charge in [0.15, 0.2) is 0 Å². The summed E-state index contributed by atoms with van der Waals surface area (Å²) in [6, 6.07) is 9.19. The topological polar surface area (TPSA) is 21.3 Å². The smallest absolute Gasteiger partial charge is 0.122 e. The Bertz CT molecular complexity index is 396. The Labute approximate surface area is 107 Å². The van der Waals surface area contributed by atoms with Crippen LogP contribution in [0.1, 0.15) is 17.9 Å². The summed E-state index contributed by atoms with van der Waals surface area (Å²) in [5.41, 5.74) is 1.42. The number of ether oxygens (including phenoxy) is 1. The Morgan fingerprint density at radius 2 is 2.24 bits per heavy atom. The summed E-state index contributed by atoms with van der Waals surface area (Å²) < 4.78 is 5.76. The summed E-state index contributed by atoms with van der Waals surface area (Å²) >= 11 is 2.08. The molecular formula is C14H19NOS. The average molecular weight is 249 g/mol. The third-order valence-corrected chi connectivity index (χ3v) is 5.21. The summed E-state index contributed by atoms with van der Waals surface area (Å²) in [5.74, 6) is 5.06. The van der Waals surface area contributed by atoms with Crippen LogP contribution in [0.5, 0.6) is 5.75 Å². The highest BCUT2D eigenvalue weighted by molar-refractivity contribution is 7.99. The molecule has 0 radical (unpaired) electrons. The predicted octanol–water partition coefficient (Wildman–Crippen LogP) is 2.50. The van der Waals surface area contributed by atoms with Crippen molar-refractivity contribution in [3.05, 3.63) is 29.8 Å². The van der Waals surface area contributed by atoms with E-state index in [0.717, 1.165) is 18.3 Å². The van der Waals surface area contributed by atoms with Crippen molar-refractivity contribution in [1.29, 1.82) is 0 Å². The zero-order valence-electron chi connectivity index (χ0n) is 10.2. The van der Waals surface area contributed by atoms with E-state index in [1.165, 1.54) is 23.5 Å². The van der Waals surface area contributed by atoms with Gasteiger partial charge in [-0.05, 0) is 31.2 Å². The largest absolute Gasteiger partial charge is 0.493 e. The molecule has 2 aliphatic rings. The Morgan fingerprint density at radius 3 is 3.12 bits per heavy atom. The van der Waals surface area contributed by atoms with Crippen LogP contribution in [0, 0.1) is 5.92 Å². The second-order valence-electron chi connectivity index (χ2n) is 4.97. The Kier molecular flexibility index (Phi) is 3.30. The first-order valence-corrected chi connectivity index (χ1v) is 7.50. The van der Waals surface area contributed by atoms with Crippen LogP contribution in [0.4, 0.5) is 0 Å². The number of para-hydroxylation sites is 1. The van der Waals surface area contributed by atoms with E-state index in [9.17, 15) is 0 Å². The molecule has 17 heavy (non-hydrogen) atoms. The molecule has 2 aliphatic heterocycles. The van der Waals surface area contributed by atoms with E-state index in [-0.39, 0.29) is 0 Å². The maximum atomic E-state index is 5.76. The van der Waals surface area contributed by atoms with Crippen molar-refractivity contribution in [2.45, 2.75) is 18.4 Å². The minimum absolute atomic E-state index is 0.603. The fourth-order valence-electron chi connectivity index (χ4n) is 2.94. The molecule has 0 saturated carbocycles. The summed E-state index contributed by atoms with van der Waals surface area (Å²) in [6.45, 7) is 0.872. The van der Waals surface area contributed by atoms with Gasteiger partial charge in [-0.2, -0.15) is 11.8 Å². The molecule has 1 N–H and O–H groups in total. The Hall–Kier alpha value is -0.670. The summed E-state index contributed by atoms with van der Waals surface area (Å²) in [4.78, 5) is 0. The van der Waals surface area contributed by atoms with Crippen LogP contribution < -0.4 is 10.1 Å². The van der Waals surface area contributed by atoms with Crippen LogP contribution in [0.2, 0.25) is 0 Å². The van der Waals surface area contributed by atoms with Crippen molar-refractivity contribution < 1.29 is 4.74 Å². The molecular weight excluding hydrogens is 230 g/mol. The molecule has 3 unspecified atom stereocenters. The van der Waals surface area contributed by atoms with Crippen molar-refractivity contribution in [1.82, 2.24) is 5.32 Å². The lowest BCUT2D eigenvalue weighted by atomic mass is 9.88. The third-order valence-electron chi connectivity index (χ3n) is 3.96. The highest BCUT2D eigenvalue weighted by atomic mass is 32.2. The van der Waals surface area contributed by atoms with Crippen LogP contribution >= 0.6 is 11.8 Å². The van der Waals surface area contributed by atoms with Crippen molar-refractivity contribution in [3.63, 3.8) is 0 Å². The van der Waals surface area contributed by atoms with Gasteiger partial charge in [0, 0.05) is 23.3 Å². The molecule has 0 spiro atoms. The fraction of sp³-hybridized carbons (Fsp3) is 0.571. The standard InChI is InChI=1S/C14H19NOS/c1-15-13-9-17-8-11(13)6-10-7-16-14-5-3-2-4-12(10)14/h2-5,10-11,13,15H,6-9H2,1H3. The van der Waals surface area contributed by atoms with Gasteiger partial charge < -0.3 is 10.1 Å². The molecule has 0 amide bonds. The first-order chi connectivity index (χ1) is 8.38. The van der Waals surface area contributed by atoms with Gasteiger partial charge in [0.25, 0.3) is 0 Å². The summed E-state index contributed by atoms with van der Waals surface area (Å²) in [7, 11) is 2.09. The van der Waals surface area contributed by atoms with Crippen molar-refractivity contribution in [3.8, 4) is 5.75 Å². The first kappa shape index (κ1) is 11.4. The van der Waals surface area contributed by atoms with Gasteiger partial charge in [-0.1, -0.05) is 18.2 Å². The van der Waals surface area contributed by atoms with E-state index in [0.29, 0.717) is 12.0 Å². The zero-order chi connectivity index (χ0) is 11.7.